The number of amides is 2. The van der Waals surface area contributed by atoms with Gasteiger partial charge in [-0.25, -0.2) is 0 Å². The van der Waals surface area contributed by atoms with Gasteiger partial charge < -0.3 is 20.1 Å². The van der Waals surface area contributed by atoms with E-state index in [4.69, 9.17) is 16.6 Å². The van der Waals surface area contributed by atoms with Crippen molar-refractivity contribution in [2.45, 2.75) is 84.3 Å². The molecule has 1 fully saturated rings. The fourth-order valence-electron chi connectivity index (χ4n) is 6.18. The molecule has 9 heteroatoms. The third-order valence-corrected chi connectivity index (χ3v) is 9.20. The number of carboxylic acids is 1. The van der Waals surface area contributed by atoms with Crippen molar-refractivity contribution in [2.75, 3.05) is 6.54 Å². The average molecular weight is 588 g/mol. The van der Waals surface area contributed by atoms with Crippen molar-refractivity contribution in [3.05, 3.63) is 70.2 Å². The summed E-state index contributed by atoms with van der Waals surface area (Å²) in [7, 11) is 0. The summed E-state index contributed by atoms with van der Waals surface area (Å²) in [6, 6.07) is 14.3. The van der Waals surface area contributed by atoms with E-state index in [2.05, 4.69) is 33.0 Å². The van der Waals surface area contributed by atoms with Gasteiger partial charge in [0.05, 0.1) is 6.04 Å². The van der Waals surface area contributed by atoms with E-state index in [0.717, 1.165) is 43.2 Å². The smallest absolute Gasteiger partial charge is 0.550 e. The quantitative estimate of drug-likeness (QED) is 0.431. The molecule has 1 spiro atoms. The summed E-state index contributed by atoms with van der Waals surface area (Å²) in [6.07, 6.45) is 5.14. The molecular weight excluding hydrogens is 549 g/mol. The summed E-state index contributed by atoms with van der Waals surface area (Å²) in [6.45, 7) is 8.98. The molecule has 214 valence electrons. The topological polar surface area (TPSA) is 102 Å². The average Bonchev–Trinajstić information content (AvgIpc) is 3.21. The van der Waals surface area contributed by atoms with Crippen LogP contribution in [0, 0.1) is 11.3 Å². The van der Waals surface area contributed by atoms with E-state index in [1.807, 2.05) is 29.2 Å². The molecular formula is C32H39ClN3NaO4. The number of carbonyl (C=O) groups is 3. The Labute approximate surface area is 270 Å². The van der Waals surface area contributed by atoms with E-state index in [1.54, 1.807) is 24.3 Å². The van der Waals surface area contributed by atoms with Crippen LogP contribution in [-0.4, -0.2) is 40.6 Å². The van der Waals surface area contributed by atoms with Crippen molar-refractivity contribution < 1.29 is 49.0 Å². The second kappa shape index (κ2) is 13.9. The summed E-state index contributed by atoms with van der Waals surface area (Å²) in [5.74, 6) is -1.08. The second-order valence-corrected chi connectivity index (χ2v) is 12.1. The van der Waals surface area contributed by atoms with Gasteiger partial charge >= 0.3 is 29.6 Å². The van der Waals surface area contributed by atoms with Crippen LogP contribution in [0.2, 0.25) is 5.02 Å². The Kier molecular flexibility index (Phi) is 11.3. The Morgan fingerprint density at radius 3 is 2.37 bits per heavy atom. The molecule has 1 N–H and O–H groups in total. The minimum Gasteiger partial charge on any atom is -0.550 e. The van der Waals surface area contributed by atoms with Gasteiger partial charge in [0.15, 0.2) is 0 Å². The van der Waals surface area contributed by atoms with Crippen LogP contribution in [0.3, 0.4) is 0 Å². The molecule has 2 aliphatic rings. The van der Waals surface area contributed by atoms with Crippen molar-refractivity contribution in [3.63, 3.8) is 0 Å². The fourth-order valence-corrected chi connectivity index (χ4v) is 6.37. The molecule has 2 aromatic rings. The summed E-state index contributed by atoms with van der Waals surface area (Å²) in [5.41, 5.74) is 2.15. The number of nitrogens with zero attached hydrogens (tertiary/aromatic N) is 2. The molecule has 1 atom stereocenters. The van der Waals surface area contributed by atoms with Crippen molar-refractivity contribution in [2.24, 2.45) is 16.3 Å². The van der Waals surface area contributed by atoms with E-state index >= 15 is 0 Å². The zero-order valence-electron chi connectivity index (χ0n) is 24.8. The van der Waals surface area contributed by atoms with Crippen LogP contribution in [-0.2, 0) is 9.59 Å². The Bertz CT molecular complexity index is 1290. The van der Waals surface area contributed by atoms with Gasteiger partial charge in [0.2, 0.25) is 0 Å². The van der Waals surface area contributed by atoms with Crippen molar-refractivity contribution in [1.29, 1.82) is 0 Å². The molecule has 41 heavy (non-hydrogen) atoms. The molecule has 7 nitrogen and oxygen atoms in total. The van der Waals surface area contributed by atoms with E-state index in [9.17, 15) is 19.5 Å². The van der Waals surface area contributed by atoms with E-state index in [0.29, 0.717) is 28.6 Å². The normalized spacial score (nSPS) is 21.3. The molecule has 2 aromatic carbocycles. The van der Waals surface area contributed by atoms with Gasteiger partial charge in [-0.1, -0.05) is 70.0 Å². The Morgan fingerprint density at radius 2 is 1.80 bits per heavy atom. The number of hydrogen-bond acceptors (Lipinski definition) is 5. The Morgan fingerprint density at radius 1 is 1.15 bits per heavy atom. The minimum atomic E-state index is -1.21. The van der Waals surface area contributed by atoms with Crippen LogP contribution in [0.15, 0.2) is 53.5 Å². The van der Waals surface area contributed by atoms with Gasteiger partial charge in [-0.2, -0.15) is 0 Å². The maximum atomic E-state index is 14.2. The van der Waals surface area contributed by atoms with E-state index in [-0.39, 0.29) is 65.8 Å². The molecule has 1 aliphatic carbocycles. The maximum absolute atomic E-state index is 14.2. The number of nitrogens with one attached hydrogen (secondary N) is 1. The molecule has 0 radical (unpaired) electrons. The van der Waals surface area contributed by atoms with Crippen LogP contribution in [0.25, 0.3) is 0 Å². The zero-order valence-corrected chi connectivity index (χ0v) is 27.6. The first kappa shape index (κ1) is 33.3. The van der Waals surface area contributed by atoms with E-state index < -0.39 is 11.6 Å². The third-order valence-electron chi connectivity index (χ3n) is 8.96. The summed E-state index contributed by atoms with van der Waals surface area (Å²) >= 11 is 6.30. The molecule has 4 rings (SSSR count). The molecule has 2 amide bonds. The van der Waals surface area contributed by atoms with Crippen molar-refractivity contribution >= 4 is 35.1 Å². The maximum Gasteiger partial charge on any atom is 1.00 e. The molecule has 1 aliphatic heterocycles. The first-order valence-corrected chi connectivity index (χ1v) is 14.7. The van der Waals surface area contributed by atoms with E-state index in [1.165, 1.54) is 0 Å². The van der Waals surface area contributed by atoms with Crippen LogP contribution >= 0.6 is 11.6 Å². The second-order valence-electron chi connectivity index (χ2n) is 11.7. The van der Waals surface area contributed by atoms with Crippen LogP contribution in [0.4, 0.5) is 0 Å². The van der Waals surface area contributed by atoms with Gasteiger partial charge in [0.25, 0.3) is 11.8 Å². The number of carbonyl (C=O) groups excluding carboxylic acids is 3. The SMILES string of the molecule is CC[C@H](c1ccc(C(=O)NCCC(=O)[O-])cc1)N1C(=O)C(c2cccc(Cl)c2)=NC12CCC(C(C)(C)CC)CC2.[Na+]. The standard InChI is InChI=1S/C32H40ClN3O4.Na/c1-5-26(21-10-12-22(13-11-21)29(39)34-19-16-27(37)38)36-30(40)28(23-8-7-9-25(33)20-23)35-32(36)17-14-24(15-18-32)31(3,4)6-2;/h7-13,20,24,26H,5-6,14-19H2,1-4H3,(H,34,39)(H,37,38);/q;+1/p-1/t24?,26-,32?;/m1./s1. The molecule has 0 saturated heterocycles. The van der Waals surface area contributed by atoms with Gasteiger partial charge in [-0.3, -0.25) is 14.6 Å². The number of hydrogen-bond donors (Lipinski definition) is 1. The monoisotopic (exact) mass is 587 g/mol. The van der Waals surface area contributed by atoms with Crippen LogP contribution in [0.1, 0.15) is 100 Å². The van der Waals surface area contributed by atoms with Gasteiger partial charge in [0.1, 0.15) is 11.4 Å². The van der Waals surface area contributed by atoms with Gasteiger partial charge in [-0.05, 0) is 73.3 Å². The number of rotatable bonds is 10. The van der Waals surface area contributed by atoms with Gasteiger partial charge in [-0.15, -0.1) is 0 Å². The summed E-state index contributed by atoms with van der Waals surface area (Å²) in [5, 5.41) is 13.8. The third kappa shape index (κ3) is 7.24. The van der Waals surface area contributed by atoms with Crippen molar-refractivity contribution in [3.8, 4) is 0 Å². The fraction of sp³-hybridized carbons (Fsp3) is 0.500. The largest absolute Gasteiger partial charge is 1.00 e. The number of halogens is 1. The van der Waals surface area contributed by atoms with Crippen LogP contribution in [0.5, 0.6) is 0 Å². The molecule has 0 unspecified atom stereocenters. The van der Waals surface area contributed by atoms with Crippen LogP contribution < -0.4 is 40.0 Å². The number of benzene rings is 2. The zero-order chi connectivity index (χ0) is 29.1. The number of aliphatic carboxylic acids is 1. The summed E-state index contributed by atoms with van der Waals surface area (Å²) < 4.78 is 0. The number of carboxylic acid groups (broad SMARTS) is 1. The molecule has 0 bridgehead atoms. The molecule has 1 saturated carbocycles. The predicted octanol–water partition coefficient (Wildman–Crippen LogP) is 2.32. The molecule has 1 heterocycles. The predicted molar refractivity (Wildman–Crippen MR) is 155 cm³/mol. The number of aliphatic imine (C=N–C) groups is 1. The Balaban J connectivity index is 0.00000462. The summed E-state index contributed by atoms with van der Waals surface area (Å²) in [4.78, 5) is 44.5. The first-order chi connectivity index (χ1) is 19.0. The molecule has 0 aromatic heterocycles. The minimum absolute atomic E-state index is 0. The van der Waals surface area contributed by atoms with Gasteiger partial charge in [0, 0.05) is 35.1 Å². The van der Waals surface area contributed by atoms with Crippen molar-refractivity contribution in [1.82, 2.24) is 10.2 Å². The Hall–Kier alpha value is -2.19. The first-order valence-electron chi connectivity index (χ1n) is 14.3.